The van der Waals surface area contributed by atoms with Gasteiger partial charge in [0.15, 0.2) is 0 Å². The largest absolute Gasteiger partial charge is 0.496 e. The van der Waals surface area contributed by atoms with E-state index in [2.05, 4.69) is 26.3 Å². The molecule has 0 saturated carbocycles. The summed E-state index contributed by atoms with van der Waals surface area (Å²) in [7, 11) is 3.69. The number of hydrogen-bond donors (Lipinski definition) is 1. The van der Waals surface area contributed by atoms with E-state index in [4.69, 9.17) is 4.74 Å². The third-order valence-electron chi connectivity index (χ3n) is 3.78. The number of hydrogen-bond acceptors (Lipinski definition) is 3. The predicted octanol–water partition coefficient (Wildman–Crippen LogP) is 3.28. The van der Waals surface area contributed by atoms with Gasteiger partial charge in [0.2, 0.25) is 0 Å². The second kappa shape index (κ2) is 5.58. The third kappa shape index (κ3) is 2.25. The Morgan fingerprint density at radius 1 is 1.40 bits per heavy atom. The Morgan fingerprint density at radius 2 is 2.20 bits per heavy atom. The van der Waals surface area contributed by atoms with Crippen molar-refractivity contribution >= 4 is 15.9 Å². The van der Waals surface area contributed by atoms with Crippen molar-refractivity contribution in [3.63, 3.8) is 0 Å². The smallest absolute Gasteiger partial charge is 0.128 e. The van der Waals surface area contributed by atoms with E-state index in [0.717, 1.165) is 34.4 Å². The first-order valence-electron chi connectivity index (χ1n) is 6.81. The maximum Gasteiger partial charge on any atom is 0.128 e. The number of halogens is 1. The molecular formula is C15H18BrN3O. The number of benzene rings is 1. The van der Waals surface area contributed by atoms with Crippen LogP contribution in [0.5, 0.6) is 5.75 Å². The topological polar surface area (TPSA) is 39.1 Å². The number of aryl methyl sites for hydroxylation is 1. The highest BCUT2D eigenvalue weighted by Gasteiger charge is 2.26. The first-order chi connectivity index (χ1) is 9.72. The van der Waals surface area contributed by atoms with E-state index in [1.165, 1.54) is 12.1 Å². The average Bonchev–Trinajstić information content (AvgIpc) is 3.07. The number of nitrogens with zero attached hydrogens (tertiary/aromatic N) is 2. The molecule has 1 aliphatic rings. The summed E-state index contributed by atoms with van der Waals surface area (Å²) in [4.78, 5) is 0. The van der Waals surface area contributed by atoms with Gasteiger partial charge in [-0.15, -0.1) is 0 Å². The Balaban J connectivity index is 2.09. The fourth-order valence-corrected chi connectivity index (χ4v) is 3.65. The van der Waals surface area contributed by atoms with Gasteiger partial charge in [-0.05, 0) is 47.4 Å². The Bertz CT molecular complexity index is 618. The van der Waals surface area contributed by atoms with E-state index < -0.39 is 0 Å². The van der Waals surface area contributed by atoms with Crippen LogP contribution in [0.15, 0.2) is 28.7 Å². The van der Waals surface area contributed by atoms with Crippen LogP contribution in [0.25, 0.3) is 11.3 Å². The molecule has 4 nitrogen and oxygen atoms in total. The molecule has 1 fully saturated rings. The van der Waals surface area contributed by atoms with Crippen molar-refractivity contribution in [2.75, 3.05) is 13.7 Å². The zero-order valence-corrected chi connectivity index (χ0v) is 13.3. The second-order valence-corrected chi connectivity index (χ2v) is 5.81. The maximum atomic E-state index is 5.44. The summed E-state index contributed by atoms with van der Waals surface area (Å²) in [5.74, 6) is 0.845. The molecule has 1 aliphatic heterocycles. The fourth-order valence-electron chi connectivity index (χ4n) is 2.82. The quantitative estimate of drug-likeness (QED) is 0.935. The highest BCUT2D eigenvalue weighted by atomic mass is 79.9. The molecular weight excluding hydrogens is 318 g/mol. The van der Waals surface area contributed by atoms with Crippen LogP contribution in [-0.4, -0.2) is 23.4 Å². The summed E-state index contributed by atoms with van der Waals surface area (Å²) in [6.07, 6.45) is 2.37. The number of rotatable bonds is 3. The molecule has 0 spiro atoms. The molecule has 0 radical (unpaired) electrons. The molecule has 0 amide bonds. The van der Waals surface area contributed by atoms with Gasteiger partial charge in [0, 0.05) is 12.6 Å². The van der Waals surface area contributed by atoms with Gasteiger partial charge in [-0.25, -0.2) is 0 Å². The summed E-state index contributed by atoms with van der Waals surface area (Å²) < 4.78 is 8.47. The van der Waals surface area contributed by atoms with E-state index in [-0.39, 0.29) is 0 Å². The van der Waals surface area contributed by atoms with Gasteiger partial charge in [0.1, 0.15) is 11.4 Å². The van der Waals surface area contributed by atoms with Crippen molar-refractivity contribution < 1.29 is 4.74 Å². The molecule has 1 saturated heterocycles. The van der Waals surface area contributed by atoms with Crippen LogP contribution in [0, 0.1) is 0 Å². The minimum Gasteiger partial charge on any atom is -0.496 e. The van der Waals surface area contributed by atoms with Crippen LogP contribution in [0.4, 0.5) is 0 Å². The van der Waals surface area contributed by atoms with Gasteiger partial charge >= 0.3 is 0 Å². The van der Waals surface area contributed by atoms with Crippen LogP contribution < -0.4 is 10.1 Å². The number of ether oxygens (including phenoxy) is 1. The molecule has 1 atom stereocenters. The van der Waals surface area contributed by atoms with Crippen molar-refractivity contribution in [3.05, 3.63) is 34.4 Å². The Hall–Kier alpha value is -1.33. The average molecular weight is 336 g/mol. The van der Waals surface area contributed by atoms with Crippen LogP contribution in [0.3, 0.4) is 0 Å². The van der Waals surface area contributed by atoms with Crippen molar-refractivity contribution in [1.29, 1.82) is 0 Å². The standard InChI is InChI=1S/C15H18BrN3O/c1-19-15(11-7-5-9-17-11)13(16)14(18-19)10-6-3-4-8-12(10)20-2/h3-4,6,8,11,17H,5,7,9H2,1-2H3. The first-order valence-corrected chi connectivity index (χ1v) is 7.61. The summed E-state index contributed by atoms with van der Waals surface area (Å²) in [5, 5.41) is 8.21. The Labute approximate surface area is 127 Å². The summed E-state index contributed by atoms with van der Waals surface area (Å²) in [6, 6.07) is 8.36. The van der Waals surface area contributed by atoms with Crippen LogP contribution >= 0.6 is 15.9 Å². The number of aromatic nitrogens is 2. The van der Waals surface area contributed by atoms with Crippen molar-refractivity contribution in [3.8, 4) is 17.0 Å². The zero-order chi connectivity index (χ0) is 14.1. The van der Waals surface area contributed by atoms with E-state index in [1.54, 1.807) is 7.11 Å². The summed E-state index contributed by atoms with van der Waals surface area (Å²) >= 11 is 3.73. The molecule has 2 aromatic rings. The minimum atomic E-state index is 0.380. The van der Waals surface area contributed by atoms with Gasteiger partial charge in [-0.1, -0.05) is 12.1 Å². The first kappa shape index (κ1) is 13.6. The lowest BCUT2D eigenvalue weighted by molar-refractivity contribution is 0.416. The molecule has 3 rings (SSSR count). The zero-order valence-electron chi connectivity index (χ0n) is 11.7. The molecule has 5 heteroatoms. The molecule has 0 bridgehead atoms. The van der Waals surface area contributed by atoms with Crippen molar-refractivity contribution in [1.82, 2.24) is 15.1 Å². The van der Waals surface area contributed by atoms with E-state index in [1.807, 2.05) is 36.0 Å². The fraction of sp³-hybridized carbons (Fsp3) is 0.400. The molecule has 1 aromatic carbocycles. The molecule has 1 aromatic heterocycles. The van der Waals surface area contributed by atoms with Gasteiger partial charge in [0.05, 0.1) is 23.3 Å². The molecule has 106 valence electrons. The molecule has 20 heavy (non-hydrogen) atoms. The summed E-state index contributed by atoms with van der Waals surface area (Å²) in [6.45, 7) is 1.08. The maximum absolute atomic E-state index is 5.44. The Morgan fingerprint density at radius 3 is 2.90 bits per heavy atom. The Kier molecular flexibility index (Phi) is 3.81. The van der Waals surface area contributed by atoms with Crippen molar-refractivity contribution in [2.24, 2.45) is 7.05 Å². The number of para-hydroxylation sites is 1. The lowest BCUT2D eigenvalue weighted by atomic mass is 10.1. The van der Waals surface area contributed by atoms with E-state index >= 15 is 0 Å². The highest BCUT2D eigenvalue weighted by molar-refractivity contribution is 9.10. The third-order valence-corrected chi connectivity index (χ3v) is 4.57. The predicted molar refractivity (Wildman–Crippen MR) is 82.9 cm³/mol. The molecule has 1 N–H and O–H groups in total. The highest BCUT2D eigenvalue weighted by Crippen LogP contribution is 2.39. The second-order valence-electron chi connectivity index (χ2n) is 5.02. The lowest BCUT2D eigenvalue weighted by Gasteiger charge is -2.11. The van der Waals surface area contributed by atoms with Crippen molar-refractivity contribution in [2.45, 2.75) is 18.9 Å². The molecule has 2 heterocycles. The lowest BCUT2D eigenvalue weighted by Crippen LogP contribution is -2.16. The summed E-state index contributed by atoms with van der Waals surface area (Å²) in [5.41, 5.74) is 3.17. The molecule has 0 aliphatic carbocycles. The minimum absolute atomic E-state index is 0.380. The van der Waals surface area contributed by atoms with Crippen LogP contribution in [0.1, 0.15) is 24.6 Å². The molecule has 1 unspecified atom stereocenters. The van der Waals surface area contributed by atoms with Gasteiger partial charge < -0.3 is 10.1 Å². The monoisotopic (exact) mass is 335 g/mol. The SMILES string of the molecule is COc1ccccc1-c1nn(C)c(C2CCCN2)c1Br. The van der Waals surface area contributed by atoms with E-state index in [0.29, 0.717) is 6.04 Å². The van der Waals surface area contributed by atoms with Gasteiger partial charge in [-0.3, -0.25) is 4.68 Å². The number of nitrogens with one attached hydrogen (secondary N) is 1. The van der Waals surface area contributed by atoms with Gasteiger partial charge in [-0.2, -0.15) is 5.10 Å². The van der Waals surface area contributed by atoms with Crippen LogP contribution in [-0.2, 0) is 7.05 Å². The normalized spacial score (nSPS) is 18.4. The van der Waals surface area contributed by atoms with E-state index in [9.17, 15) is 0 Å². The number of methoxy groups -OCH3 is 1. The van der Waals surface area contributed by atoms with Crippen LogP contribution in [0.2, 0.25) is 0 Å². The van der Waals surface area contributed by atoms with Gasteiger partial charge in [0.25, 0.3) is 0 Å².